The van der Waals surface area contributed by atoms with E-state index in [9.17, 15) is 29.1 Å². The Balaban J connectivity index is 0.772. The summed E-state index contributed by atoms with van der Waals surface area (Å²) in [4.78, 5) is 68.6. The van der Waals surface area contributed by atoms with Crippen LogP contribution in [-0.2, 0) is 14.4 Å². The molecule has 7 rings (SSSR count). The number of aromatic amines is 1. The number of H-pyrrole nitrogens is 1. The van der Waals surface area contributed by atoms with E-state index in [2.05, 4.69) is 31.9 Å². The van der Waals surface area contributed by atoms with Crippen molar-refractivity contribution in [3.8, 4) is 17.0 Å². The summed E-state index contributed by atoms with van der Waals surface area (Å²) >= 11 is 0. The summed E-state index contributed by atoms with van der Waals surface area (Å²) in [5.74, 6) is -1.45. The summed E-state index contributed by atoms with van der Waals surface area (Å²) in [6.07, 6.45) is 6.73. The molecular formula is C37H39N7O6. The molecule has 0 bridgehead atoms. The molecular weight excluding hydrogens is 638 g/mol. The lowest BCUT2D eigenvalue weighted by Crippen LogP contribution is -2.54. The maximum absolute atomic E-state index is 13.0. The Morgan fingerprint density at radius 2 is 1.62 bits per heavy atom. The average molecular weight is 678 g/mol. The first-order valence-corrected chi connectivity index (χ1v) is 17.3. The van der Waals surface area contributed by atoms with E-state index in [-0.39, 0.29) is 41.5 Å². The van der Waals surface area contributed by atoms with Crippen LogP contribution in [0, 0.1) is 0 Å². The molecule has 4 N–H and O–H groups in total. The Hall–Kier alpha value is -5.59. The predicted molar refractivity (Wildman–Crippen MR) is 184 cm³/mol. The van der Waals surface area contributed by atoms with Crippen molar-refractivity contribution < 1.29 is 29.1 Å². The lowest BCUT2D eigenvalue weighted by molar-refractivity contribution is -0.137. The number of likely N-dealkylation sites (tertiary alicyclic amines) is 1. The number of benzene rings is 2. The Morgan fingerprint density at radius 1 is 0.860 bits per heavy atom. The number of unbranched alkanes of at least 4 members (excludes halogenated alkanes) is 5. The van der Waals surface area contributed by atoms with Gasteiger partial charge < -0.3 is 20.3 Å². The molecule has 1 unspecified atom stereocenters. The molecule has 50 heavy (non-hydrogen) atoms. The van der Waals surface area contributed by atoms with Crippen LogP contribution < -0.4 is 10.6 Å². The highest BCUT2D eigenvalue weighted by molar-refractivity contribution is 6.23. The number of piperidine rings is 1. The summed E-state index contributed by atoms with van der Waals surface area (Å²) in [5, 5.41) is 25.2. The summed E-state index contributed by atoms with van der Waals surface area (Å²) in [6, 6.07) is 15.1. The Labute approximate surface area is 288 Å². The number of amides is 5. The number of nitrogens with one attached hydrogen (secondary N) is 3. The van der Waals surface area contributed by atoms with Crippen LogP contribution in [0.1, 0.15) is 90.1 Å². The van der Waals surface area contributed by atoms with Gasteiger partial charge >= 0.3 is 0 Å². The van der Waals surface area contributed by atoms with Crippen molar-refractivity contribution in [2.24, 2.45) is 0 Å². The van der Waals surface area contributed by atoms with Crippen LogP contribution in [0.3, 0.4) is 0 Å². The largest absolute Gasteiger partial charge is 0.507 e. The normalized spacial score (nSPS) is 17.6. The number of carbonyl (C=O) groups is 5. The number of fused-ring (bicyclic) bond motifs is 2. The lowest BCUT2D eigenvalue weighted by atomic mass is 9.95. The molecule has 0 spiro atoms. The number of para-hydroxylation sites is 1. The minimum absolute atomic E-state index is 0.0873. The van der Waals surface area contributed by atoms with E-state index < -0.39 is 29.7 Å². The highest BCUT2D eigenvalue weighted by Gasteiger charge is 2.44. The van der Waals surface area contributed by atoms with Gasteiger partial charge in [0.25, 0.3) is 11.8 Å². The van der Waals surface area contributed by atoms with Crippen LogP contribution in [0.2, 0.25) is 0 Å². The standard InChI is InChI=1S/C37H39N7O6/c45-31-10-7-6-9-26(31)29-18-22-17-28(39-34(22)42-41-29)23-20-43(21-23)33(47)11-5-3-1-2-4-8-16-38-24-12-13-25-27(19-24)37(50)44(36(25)49)30-14-15-32(46)40-35(30)48/h6-7,9-10,12-13,17-19,23,30,38,45H,1-5,8,11,14-16,20-21H2,(H,39,42)(H,40,46,48). The molecule has 0 aliphatic carbocycles. The van der Waals surface area contributed by atoms with E-state index in [1.807, 2.05) is 23.1 Å². The average Bonchev–Trinajstić information content (AvgIpc) is 3.60. The van der Waals surface area contributed by atoms with Crippen molar-refractivity contribution in [3.63, 3.8) is 0 Å². The number of anilines is 1. The third-order valence-corrected chi connectivity index (χ3v) is 9.84. The maximum atomic E-state index is 13.0. The first-order chi connectivity index (χ1) is 24.3. The van der Waals surface area contributed by atoms with Crippen LogP contribution in [0.5, 0.6) is 5.75 Å². The number of phenolic OH excluding ortho intramolecular Hbond substituents is 1. The monoisotopic (exact) mass is 677 g/mol. The van der Waals surface area contributed by atoms with Gasteiger partial charge in [0, 0.05) is 60.7 Å². The number of imide groups is 2. The number of nitrogens with zero attached hydrogens (tertiary/aromatic N) is 4. The minimum Gasteiger partial charge on any atom is -0.507 e. The molecule has 2 aromatic carbocycles. The fourth-order valence-electron chi connectivity index (χ4n) is 6.95. The van der Waals surface area contributed by atoms with E-state index in [0.29, 0.717) is 43.0 Å². The second-order valence-electron chi connectivity index (χ2n) is 13.3. The van der Waals surface area contributed by atoms with E-state index in [1.54, 1.807) is 30.3 Å². The molecule has 4 aromatic rings. The number of hydrogen-bond donors (Lipinski definition) is 4. The molecule has 5 amide bonds. The van der Waals surface area contributed by atoms with Crippen molar-refractivity contribution in [3.05, 3.63) is 71.4 Å². The third-order valence-electron chi connectivity index (χ3n) is 9.84. The van der Waals surface area contributed by atoms with Crippen LogP contribution in [0.15, 0.2) is 54.6 Å². The number of rotatable bonds is 13. The first kappa shape index (κ1) is 32.9. The summed E-state index contributed by atoms with van der Waals surface area (Å²) in [5.41, 5.74) is 4.24. The van der Waals surface area contributed by atoms with E-state index in [4.69, 9.17) is 0 Å². The summed E-state index contributed by atoms with van der Waals surface area (Å²) in [7, 11) is 0. The van der Waals surface area contributed by atoms with E-state index in [0.717, 1.165) is 60.2 Å². The maximum Gasteiger partial charge on any atom is 0.262 e. The van der Waals surface area contributed by atoms with Gasteiger partial charge in [-0.15, -0.1) is 10.2 Å². The van der Waals surface area contributed by atoms with Gasteiger partial charge in [0.05, 0.1) is 16.8 Å². The Morgan fingerprint density at radius 3 is 2.42 bits per heavy atom. The zero-order valence-corrected chi connectivity index (χ0v) is 27.6. The van der Waals surface area contributed by atoms with Crippen molar-refractivity contribution in [1.82, 2.24) is 30.3 Å². The first-order valence-electron chi connectivity index (χ1n) is 17.3. The van der Waals surface area contributed by atoms with Crippen LogP contribution in [-0.4, -0.2) is 85.3 Å². The van der Waals surface area contributed by atoms with Gasteiger partial charge in [-0.1, -0.05) is 37.8 Å². The van der Waals surface area contributed by atoms with Gasteiger partial charge in [0.2, 0.25) is 17.7 Å². The third kappa shape index (κ3) is 6.67. The van der Waals surface area contributed by atoms with Gasteiger partial charge in [0.1, 0.15) is 11.8 Å². The molecule has 2 aromatic heterocycles. The second kappa shape index (κ2) is 14.1. The Bertz CT molecular complexity index is 1980. The number of hydrogen-bond acceptors (Lipinski definition) is 9. The molecule has 0 saturated carbocycles. The van der Waals surface area contributed by atoms with E-state index >= 15 is 0 Å². The number of phenols is 1. The van der Waals surface area contributed by atoms with Gasteiger partial charge in [-0.3, -0.25) is 34.2 Å². The summed E-state index contributed by atoms with van der Waals surface area (Å²) < 4.78 is 0. The van der Waals surface area contributed by atoms with E-state index in [1.165, 1.54) is 0 Å². The predicted octanol–water partition coefficient (Wildman–Crippen LogP) is 4.50. The van der Waals surface area contributed by atoms with Gasteiger partial charge in [-0.25, -0.2) is 0 Å². The quantitative estimate of drug-likeness (QED) is 0.117. The topological polar surface area (TPSA) is 178 Å². The lowest BCUT2D eigenvalue weighted by Gasteiger charge is -2.39. The number of carbonyl (C=O) groups excluding carboxylic acids is 5. The van der Waals surface area contributed by atoms with Crippen LogP contribution >= 0.6 is 0 Å². The number of aromatic hydroxyl groups is 1. The van der Waals surface area contributed by atoms with Crippen molar-refractivity contribution in [2.75, 3.05) is 25.0 Å². The second-order valence-corrected chi connectivity index (χ2v) is 13.3. The molecule has 2 saturated heterocycles. The highest BCUT2D eigenvalue weighted by atomic mass is 16.3. The Kier molecular flexibility index (Phi) is 9.29. The van der Waals surface area contributed by atoms with Crippen molar-refractivity contribution in [1.29, 1.82) is 0 Å². The SMILES string of the molecule is O=C1CCC(N2C(=O)c3ccc(NCCCCCCCCC(=O)N4CC(c5cc6cc(-c7ccccc7O)nnc6[nH]5)C4)cc3C2=O)C(=O)N1. The van der Waals surface area contributed by atoms with Crippen LogP contribution in [0.4, 0.5) is 5.69 Å². The van der Waals surface area contributed by atoms with Crippen molar-refractivity contribution in [2.45, 2.75) is 69.7 Å². The molecule has 0 radical (unpaired) electrons. The fourth-order valence-corrected chi connectivity index (χ4v) is 6.95. The highest BCUT2D eigenvalue weighted by Crippen LogP contribution is 2.33. The fraction of sp³-hybridized carbons (Fsp3) is 0.378. The van der Waals surface area contributed by atoms with Gasteiger partial charge in [-0.05, 0) is 61.7 Å². The van der Waals surface area contributed by atoms with Crippen molar-refractivity contribution >= 4 is 46.3 Å². The zero-order valence-electron chi connectivity index (χ0n) is 27.6. The smallest absolute Gasteiger partial charge is 0.262 e. The minimum atomic E-state index is -0.974. The van der Waals surface area contributed by atoms with Gasteiger partial charge in [0.15, 0.2) is 5.65 Å². The molecule has 13 heteroatoms. The number of aromatic nitrogens is 3. The molecule has 258 valence electrons. The molecule has 3 aliphatic heterocycles. The zero-order chi connectivity index (χ0) is 34.8. The summed E-state index contributed by atoms with van der Waals surface area (Å²) in [6.45, 7) is 2.09. The van der Waals surface area contributed by atoms with Crippen LogP contribution in [0.25, 0.3) is 22.3 Å². The molecule has 1 atom stereocenters. The molecule has 3 aliphatic rings. The molecule has 2 fully saturated rings. The molecule has 13 nitrogen and oxygen atoms in total. The van der Waals surface area contributed by atoms with Gasteiger partial charge in [-0.2, -0.15) is 0 Å². The molecule has 5 heterocycles.